The van der Waals surface area contributed by atoms with Crippen LogP contribution in [0.4, 0.5) is 9.18 Å². The number of amides is 3. The average Bonchev–Trinajstić information content (AvgIpc) is 3.04. The van der Waals surface area contributed by atoms with Gasteiger partial charge in [-0.05, 0) is 46.3 Å². The maximum Gasteiger partial charge on any atom is 0.317 e. The number of halogens is 2. The van der Waals surface area contributed by atoms with Crippen LogP contribution in [0, 0.1) is 5.82 Å². The topological polar surface area (TPSA) is 52.7 Å². The van der Waals surface area contributed by atoms with Crippen molar-refractivity contribution < 1.29 is 14.0 Å². The molecule has 3 rings (SSSR count). The van der Waals surface area contributed by atoms with Crippen LogP contribution >= 0.6 is 27.3 Å². The Morgan fingerprint density at radius 1 is 1.12 bits per heavy atom. The number of piperazine rings is 1. The van der Waals surface area contributed by atoms with Gasteiger partial charge in [-0.1, -0.05) is 6.07 Å². The van der Waals surface area contributed by atoms with E-state index >= 15 is 0 Å². The van der Waals surface area contributed by atoms with E-state index in [4.69, 9.17) is 0 Å². The molecule has 5 nitrogen and oxygen atoms in total. The molecule has 1 saturated heterocycles. The second-order valence-corrected chi connectivity index (χ2v) is 8.20. The van der Waals surface area contributed by atoms with E-state index in [1.54, 1.807) is 27.2 Å². The average molecular weight is 426 g/mol. The minimum absolute atomic E-state index is 0.137. The molecule has 2 heterocycles. The van der Waals surface area contributed by atoms with Gasteiger partial charge in [0, 0.05) is 36.6 Å². The Labute approximate surface area is 157 Å². The molecule has 0 aliphatic carbocycles. The molecule has 1 aliphatic heterocycles. The molecular formula is C17H17BrFN3O2S. The Hall–Kier alpha value is -1.93. The molecule has 8 heteroatoms. The first-order valence-electron chi connectivity index (χ1n) is 7.85. The smallest absolute Gasteiger partial charge is 0.317 e. The fourth-order valence-corrected chi connectivity index (χ4v) is 4.06. The van der Waals surface area contributed by atoms with E-state index in [1.807, 2.05) is 12.1 Å². The van der Waals surface area contributed by atoms with Crippen LogP contribution in [0.25, 0.3) is 0 Å². The van der Waals surface area contributed by atoms with Crippen molar-refractivity contribution in [2.24, 2.45) is 0 Å². The van der Waals surface area contributed by atoms with Gasteiger partial charge in [-0.2, -0.15) is 0 Å². The zero-order chi connectivity index (χ0) is 17.8. The van der Waals surface area contributed by atoms with Crippen molar-refractivity contribution in [1.82, 2.24) is 15.1 Å². The maximum atomic E-state index is 13.3. The first kappa shape index (κ1) is 17.9. The first-order chi connectivity index (χ1) is 12.0. The van der Waals surface area contributed by atoms with Crippen LogP contribution in [0.3, 0.4) is 0 Å². The van der Waals surface area contributed by atoms with Crippen molar-refractivity contribution in [2.45, 2.75) is 6.54 Å². The summed E-state index contributed by atoms with van der Waals surface area (Å²) < 4.78 is 14.3. The van der Waals surface area contributed by atoms with Crippen molar-refractivity contribution in [3.8, 4) is 0 Å². The van der Waals surface area contributed by atoms with E-state index in [1.165, 1.54) is 18.2 Å². The lowest BCUT2D eigenvalue weighted by Crippen LogP contribution is -2.53. The third kappa shape index (κ3) is 4.58. The Kier molecular flexibility index (Phi) is 5.70. The molecule has 1 aliphatic rings. The van der Waals surface area contributed by atoms with E-state index in [9.17, 15) is 14.0 Å². The van der Waals surface area contributed by atoms with Crippen molar-refractivity contribution in [3.05, 3.63) is 56.4 Å². The lowest BCUT2D eigenvalue weighted by atomic mass is 10.2. The zero-order valence-corrected chi connectivity index (χ0v) is 15.8. The van der Waals surface area contributed by atoms with Crippen LogP contribution in [-0.2, 0) is 6.54 Å². The first-order valence-corrected chi connectivity index (χ1v) is 9.46. The number of rotatable bonds is 3. The van der Waals surface area contributed by atoms with E-state index in [-0.39, 0.29) is 11.9 Å². The molecule has 0 bridgehead atoms. The monoisotopic (exact) mass is 425 g/mol. The summed E-state index contributed by atoms with van der Waals surface area (Å²) in [5.41, 5.74) is 0.334. The largest absolute Gasteiger partial charge is 0.335 e. The van der Waals surface area contributed by atoms with Gasteiger partial charge in [0.1, 0.15) is 5.82 Å². The molecule has 0 atom stereocenters. The van der Waals surface area contributed by atoms with Gasteiger partial charge in [0.15, 0.2) is 0 Å². The second kappa shape index (κ2) is 7.97. The minimum atomic E-state index is -0.427. The van der Waals surface area contributed by atoms with Gasteiger partial charge in [-0.15, -0.1) is 11.3 Å². The number of carbonyl (C=O) groups excluding carboxylic acids is 2. The number of nitrogens with one attached hydrogen (secondary N) is 1. The summed E-state index contributed by atoms with van der Waals surface area (Å²) >= 11 is 4.97. The number of benzene rings is 1. The van der Waals surface area contributed by atoms with Gasteiger partial charge < -0.3 is 15.1 Å². The molecule has 0 radical (unpaired) electrons. The van der Waals surface area contributed by atoms with Crippen molar-refractivity contribution in [2.75, 3.05) is 26.2 Å². The summed E-state index contributed by atoms with van der Waals surface area (Å²) in [6.45, 7) is 2.28. The molecule has 0 spiro atoms. The number of carbonyl (C=O) groups is 2. The predicted molar refractivity (Wildman–Crippen MR) is 98.1 cm³/mol. The minimum Gasteiger partial charge on any atom is -0.335 e. The molecule has 2 aromatic rings. The Balaban J connectivity index is 1.49. The molecule has 1 aromatic heterocycles. The summed E-state index contributed by atoms with van der Waals surface area (Å²) in [7, 11) is 0. The number of thiophene rings is 1. The zero-order valence-electron chi connectivity index (χ0n) is 13.4. The van der Waals surface area contributed by atoms with Crippen molar-refractivity contribution >= 4 is 39.2 Å². The molecule has 1 N–H and O–H groups in total. The van der Waals surface area contributed by atoms with Crippen LogP contribution in [-0.4, -0.2) is 47.9 Å². The Morgan fingerprint density at radius 3 is 2.48 bits per heavy atom. The molecule has 3 amide bonds. The number of nitrogens with zero attached hydrogens (tertiary/aromatic N) is 2. The molecule has 0 unspecified atom stereocenters. The van der Waals surface area contributed by atoms with Crippen LogP contribution in [0.2, 0.25) is 0 Å². The third-order valence-electron chi connectivity index (χ3n) is 3.97. The number of urea groups is 1. The lowest BCUT2D eigenvalue weighted by molar-refractivity contribution is 0.0664. The van der Waals surface area contributed by atoms with Crippen LogP contribution in [0.1, 0.15) is 15.2 Å². The van der Waals surface area contributed by atoms with Crippen LogP contribution < -0.4 is 5.32 Å². The number of hydrogen-bond acceptors (Lipinski definition) is 3. The van der Waals surface area contributed by atoms with Crippen molar-refractivity contribution in [3.63, 3.8) is 0 Å². The third-order valence-corrected chi connectivity index (χ3v) is 5.59. The summed E-state index contributed by atoms with van der Waals surface area (Å²) in [6, 6.07) is 9.44. The fourth-order valence-electron chi connectivity index (χ4n) is 2.64. The molecule has 0 saturated carbocycles. The Morgan fingerprint density at radius 2 is 1.84 bits per heavy atom. The van der Waals surface area contributed by atoms with Crippen molar-refractivity contribution in [1.29, 1.82) is 0 Å². The number of hydrogen-bond donors (Lipinski definition) is 1. The molecular weight excluding hydrogens is 409 g/mol. The quantitative estimate of drug-likeness (QED) is 0.819. The second-order valence-electron chi connectivity index (χ2n) is 5.65. The normalized spacial score (nSPS) is 14.5. The van der Waals surface area contributed by atoms with E-state index in [0.29, 0.717) is 38.3 Å². The highest BCUT2D eigenvalue weighted by atomic mass is 79.9. The van der Waals surface area contributed by atoms with Crippen LogP contribution in [0.15, 0.2) is 40.2 Å². The van der Waals surface area contributed by atoms with Crippen LogP contribution in [0.5, 0.6) is 0 Å². The molecule has 132 valence electrons. The van der Waals surface area contributed by atoms with Gasteiger partial charge >= 0.3 is 6.03 Å². The van der Waals surface area contributed by atoms with Gasteiger partial charge in [-0.25, -0.2) is 9.18 Å². The molecule has 1 fully saturated rings. The summed E-state index contributed by atoms with van der Waals surface area (Å²) in [6.07, 6.45) is 0. The standard InChI is InChI=1S/C17H17BrFN3O2S/c18-15-5-4-14(25-15)11-20-17(24)22-8-6-21(7-9-22)16(23)12-2-1-3-13(19)10-12/h1-5,10H,6-9,11H2,(H,20,24). The molecule has 25 heavy (non-hydrogen) atoms. The fraction of sp³-hybridized carbons (Fsp3) is 0.294. The summed E-state index contributed by atoms with van der Waals surface area (Å²) in [5, 5.41) is 2.89. The van der Waals surface area contributed by atoms with Gasteiger partial charge in [0.05, 0.1) is 10.3 Å². The SMILES string of the molecule is O=C(NCc1ccc(Br)s1)N1CCN(C(=O)c2cccc(F)c2)CC1. The summed E-state index contributed by atoms with van der Waals surface area (Å²) in [4.78, 5) is 29.0. The highest BCUT2D eigenvalue weighted by Crippen LogP contribution is 2.21. The van der Waals surface area contributed by atoms with E-state index < -0.39 is 5.82 Å². The highest BCUT2D eigenvalue weighted by molar-refractivity contribution is 9.11. The van der Waals surface area contributed by atoms with E-state index in [2.05, 4.69) is 21.2 Å². The van der Waals surface area contributed by atoms with Gasteiger partial charge in [0.25, 0.3) is 5.91 Å². The highest BCUT2D eigenvalue weighted by Gasteiger charge is 2.24. The van der Waals surface area contributed by atoms with Gasteiger partial charge in [0.2, 0.25) is 0 Å². The maximum absolute atomic E-state index is 13.3. The molecule has 1 aromatic carbocycles. The Bertz CT molecular complexity index is 775. The predicted octanol–water partition coefficient (Wildman–Crippen LogP) is 3.32. The summed E-state index contributed by atoms with van der Waals surface area (Å²) in [5.74, 6) is -0.632. The lowest BCUT2D eigenvalue weighted by Gasteiger charge is -2.34. The van der Waals surface area contributed by atoms with E-state index in [0.717, 1.165) is 8.66 Å². The van der Waals surface area contributed by atoms with Gasteiger partial charge in [-0.3, -0.25) is 4.79 Å².